The number of carbonyl (C=O) groups is 2. The van der Waals surface area contributed by atoms with E-state index in [1.165, 1.54) is 24.3 Å². The molecule has 1 aliphatic heterocycles. The molecule has 2 aromatic carbocycles. The number of anilines is 1. The second-order valence-electron chi connectivity index (χ2n) is 7.26. The van der Waals surface area contributed by atoms with Gasteiger partial charge in [0.05, 0.1) is 26.2 Å². The molecule has 4 rings (SSSR count). The molecule has 30 heavy (non-hydrogen) atoms. The Morgan fingerprint density at radius 2 is 1.77 bits per heavy atom. The van der Waals surface area contributed by atoms with E-state index >= 15 is 0 Å². The Labute approximate surface area is 171 Å². The van der Waals surface area contributed by atoms with Crippen molar-refractivity contribution in [3.05, 3.63) is 76.4 Å². The van der Waals surface area contributed by atoms with E-state index < -0.39 is 5.63 Å². The summed E-state index contributed by atoms with van der Waals surface area (Å²) in [6.45, 7) is 2.29. The van der Waals surface area contributed by atoms with Gasteiger partial charge in [0.2, 0.25) is 0 Å². The summed E-state index contributed by atoms with van der Waals surface area (Å²) in [6.07, 6.45) is 0. The van der Waals surface area contributed by atoms with Crippen LogP contribution in [0.1, 0.15) is 10.4 Å². The van der Waals surface area contributed by atoms with Crippen LogP contribution >= 0.6 is 0 Å². The highest BCUT2D eigenvalue weighted by molar-refractivity contribution is 5.96. The molecule has 2 amide bonds. The van der Waals surface area contributed by atoms with Crippen LogP contribution in [-0.4, -0.2) is 49.4 Å². The maximum atomic E-state index is 12.9. The van der Waals surface area contributed by atoms with Gasteiger partial charge in [0.1, 0.15) is 17.0 Å². The first-order chi connectivity index (χ1) is 14.5. The number of hydrogen-bond acceptors (Lipinski definition) is 4. The molecule has 0 spiro atoms. The van der Waals surface area contributed by atoms with Crippen molar-refractivity contribution in [3.8, 4) is 0 Å². The van der Waals surface area contributed by atoms with Crippen molar-refractivity contribution in [3.63, 3.8) is 0 Å². The van der Waals surface area contributed by atoms with Gasteiger partial charge in [-0.05, 0) is 36.4 Å². The molecule has 1 aromatic heterocycles. The van der Waals surface area contributed by atoms with Crippen LogP contribution in [0.4, 0.5) is 10.1 Å². The number of nitrogens with zero attached hydrogens (tertiary/aromatic N) is 1. The van der Waals surface area contributed by atoms with Gasteiger partial charge in [0.15, 0.2) is 6.54 Å². The predicted octanol–water partition coefficient (Wildman–Crippen LogP) is 0.912. The van der Waals surface area contributed by atoms with E-state index in [9.17, 15) is 18.8 Å². The Kier molecular flexibility index (Phi) is 5.58. The highest BCUT2D eigenvalue weighted by atomic mass is 19.1. The van der Waals surface area contributed by atoms with Crippen LogP contribution in [-0.2, 0) is 4.79 Å². The molecule has 1 fully saturated rings. The van der Waals surface area contributed by atoms with Crippen LogP contribution in [0.2, 0.25) is 0 Å². The molecule has 0 saturated carbocycles. The van der Waals surface area contributed by atoms with E-state index in [4.69, 9.17) is 4.42 Å². The normalized spacial score (nSPS) is 14.6. The minimum absolute atomic E-state index is 0.0196. The average Bonchev–Trinajstić information content (AvgIpc) is 2.75. The van der Waals surface area contributed by atoms with Crippen LogP contribution in [0.25, 0.3) is 11.0 Å². The summed E-state index contributed by atoms with van der Waals surface area (Å²) >= 11 is 0. The van der Waals surface area contributed by atoms with Crippen molar-refractivity contribution in [1.29, 1.82) is 0 Å². The fourth-order valence-corrected chi connectivity index (χ4v) is 3.55. The molecule has 1 aliphatic rings. The maximum absolute atomic E-state index is 12.9. The molecule has 7 nitrogen and oxygen atoms in total. The molecule has 2 heterocycles. The molecule has 2 N–H and O–H groups in total. The molecule has 8 heteroatoms. The summed E-state index contributed by atoms with van der Waals surface area (Å²) < 4.78 is 18.2. The number of halogens is 1. The summed E-state index contributed by atoms with van der Waals surface area (Å²) in [5.41, 5.74) is 0.358. The van der Waals surface area contributed by atoms with Gasteiger partial charge < -0.3 is 19.5 Å². The van der Waals surface area contributed by atoms with Crippen LogP contribution in [0.15, 0.2) is 63.8 Å². The second-order valence-corrected chi connectivity index (χ2v) is 7.26. The number of piperazine rings is 1. The van der Waals surface area contributed by atoms with E-state index in [0.29, 0.717) is 42.8 Å². The van der Waals surface area contributed by atoms with E-state index in [-0.39, 0.29) is 29.7 Å². The minimum atomic E-state index is -0.646. The predicted molar refractivity (Wildman–Crippen MR) is 109 cm³/mol. The summed E-state index contributed by atoms with van der Waals surface area (Å²) in [5.74, 6) is -0.893. The first-order valence-electron chi connectivity index (χ1n) is 9.71. The van der Waals surface area contributed by atoms with Crippen LogP contribution < -0.4 is 15.8 Å². The lowest BCUT2D eigenvalue weighted by Gasteiger charge is -2.31. The van der Waals surface area contributed by atoms with E-state index in [2.05, 4.69) is 5.32 Å². The first kappa shape index (κ1) is 19.8. The number of benzene rings is 2. The molecule has 0 unspecified atom stereocenters. The van der Waals surface area contributed by atoms with Gasteiger partial charge in [-0.1, -0.05) is 18.2 Å². The lowest BCUT2D eigenvalue weighted by atomic mass is 10.1. The number of carbonyl (C=O) groups excluding carboxylic acids is 2. The quantitative estimate of drug-likeness (QED) is 0.627. The third kappa shape index (κ3) is 4.38. The Balaban J connectivity index is 1.34. The number of hydrogen-bond donors (Lipinski definition) is 2. The smallest absolute Gasteiger partial charge is 0.349 e. The average molecular weight is 410 g/mol. The molecule has 1 saturated heterocycles. The number of fused-ring (bicyclic) bond motifs is 1. The highest BCUT2D eigenvalue weighted by Crippen LogP contribution is 2.14. The second kappa shape index (κ2) is 8.46. The molecule has 0 radical (unpaired) electrons. The first-order valence-corrected chi connectivity index (χ1v) is 9.71. The van der Waals surface area contributed by atoms with Crippen LogP contribution in [0.5, 0.6) is 0 Å². The largest absolute Gasteiger partial charge is 0.422 e. The lowest BCUT2D eigenvalue weighted by molar-refractivity contribution is -0.895. The number of amides is 2. The van der Waals surface area contributed by atoms with E-state index in [1.54, 1.807) is 29.2 Å². The third-order valence-corrected chi connectivity index (χ3v) is 5.17. The monoisotopic (exact) mass is 410 g/mol. The van der Waals surface area contributed by atoms with Gasteiger partial charge in [-0.2, -0.15) is 0 Å². The fourth-order valence-electron chi connectivity index (χ4n) is 3.55. The number of para-hydroxylation sites is 1. The number of rotatable bonds is 4. The van der Waals surface area contributed by atoms with Gasteiger partial charge in [-0.3, -0.25) is 9.59 Å². The standard InChI is InChI=1S/C22H20FN3O4/c23-16-5-7-17(8-6-16)24-20(27)14-25-9-11-26(12-10-25)21(28)18-13-15-3-1-2-4-19(15)30-22(18)29/h1-8,13H,9-12,14H2,(H,24,27)/p+1. The van der Waals surface area contributed by atoms with Crippen molar-refractivity contribution >= 4 is 28.5 Å². The van der Waals surface area contributed by atoms with Gasteiger partial charge in [-0.15, -0.1) is 0 Å². The van der Waals surface area contributed by atoms with Gasteiger partial charge in [0.25, 0.3) is 11.8 Å². The summed E-state index contributed by atoms with van der Waals surface area (Å²) in [5, 5.41) is 3.44. The van der Waals surface area contributed by atoms with Gasteiger partial charge in [-0.25, -0.2) is 9.18 Å². The summed E-state index contributed by atoms with van der Waals surface area (Å²) in [4.78, 5) is 39.9. The third-order valence-electron chi connectivity index (χ3n) is 5.17. The highest BCUT2D eigenvalue weighted by Gasteiger charge is 2.27. The minimum Gasteiger partial charge on any atom is -0.422 e. The summed E-state index contributed by atoms with van der Waals surface area (Å²) in [7, 11) is 0. The lowest BCUT2D eigenvalue weighted by Crippen LogP contribution is -3.15. The van der Waals surface area contributed by atoms with E-state index in [0.717, 1.165) is 4.90 Å². The van der Waals surface area contributed by atoms with Gasteiger partial charge in [0, 0.05) is 11.1 Å². The molecular formula is C22H21FN3O4+. The zero-order chi connectivity index (χ0) is 21.1. The van der Waals surface area contributed by atoms with Crippen molar-refractivity contribution in [2.75, 3.05) is 38.0 Å². The SMILES string of the molecule is O=C(C[NH+]1CCN(C(=O)c2cc3ccccc3oc2=O)CC1)Nc1ccc(F)cc1. The molecule has 0 atom stereocenters. The molecule has 0 aliphatic carbocycles. The number of nitrogens with one attached hydrogen (secondary N) is 2. The van der Waals surface area contributed by atoms with Gasteiger partial charge >= 0.3 is 5.63 Å². The molecular weight excluding hydrogens is 389 g/mol. The molecule has 154 valence electrons. The van der Waals surface area contributed by atoms with Crippen molar-refractivity contribution in [2.24, 2.45) is 0 Å². The Hall–Kier alpha value is -3.52. The molecule has 3 aromatic rings. The topological polar surface area (TPSA) is 84.1 Å². The zero-order valence-corrected chi connectivity index (χ0v) is 16.2. The number of quaternary nitrogens is 1. The van der Waals surface area contributed by atoms with Crippen LogP contribution in [0.3, 0.4) is 0 Å². The van der Waals surface area contributed by atoms with Crippen molar-refractivity contribution in [1.82, 2.24) is 4.90 Å². The van der Waals surface area contributed by atoms with E-state index in [1.807, 2.05) is 6.07 Å². The summed E-state index contributed by atoms with van der Waals surface area (Å²) in [6, 6.07) is 14.2. The Morgan fingerprint density at radius 1 is 1.07 bits per heavy atom. The fraction of sp³-hybridized carbons (Fsp3) is 0.227. The Bertz CT molecular complexity index is 1140. The maximum Gasteiger partial charge on any atom is 0.349 e. The van der Waals surface area contributed by atoms with Crippen LogP contribution in [0, 0.1) is 5.82 Å². The van der Waals surface area contributed by atoms with Crippen molar-refractivity contribution in [2.45, 2.75) is 0 Å². The molecule has 0 bridgehead atoms. The zero-order valence-electron chi connectivity index (χ0n) is 16.2. The Morgan fingerprint density at radius 3 is 2.50 bits per heavy atom. The van der Waals surface area contributed by atoms with Crippen molar-refractivity contribution < 1.29 is 23.3 Å².